The molecule has 0 bridgehead atoms. The molecular weight excluding hydrogens is 202 g/mol. The summed E-state index contributed by atoms with van der Waals surface area (Å²) in [7, 11) is 0. The van der Waals surface area contributed by atoms with Gasteiger partial charge in [0.1, 0.15) is 0 Å². The van der Waals surface area contributed by atoms with Crippen molar-refractivity contribution in [1.82, 2.24) is 15.5 Å². The number of carbonyl (C=O) groups excluding carboxylic acids is 1. The average Bonchev–Trinajstić information content (AvgIpc) is 2.27. The molecule has 1 aliphatic rings. The summed E-state index contributed by atoms with van der Waals surface area (Å²) in [5.74, 6) is 0.105. The molecule has 0 unspecified atom stereocenters. The number of hydrogen-bond acceptors (Lipinski definition) is 3. The zero-order chi connectivity index (χ0) is 12.0. The molecule has 4 heteroatoms. The van der Waals surface area contributed by atoms with Crippen LogP contribution in [0.5, 0.6) is 0 Å². The zero-order valence-electron chi connectivity index (χ0n) is 10.8. The van der Waals surface area contributed by atoms with Crippen molar-refractivity contribution in [3.63, 3.8) is 0 Å². The van der Waals surface area contributed by atoms with Gasteiger partial charge in [-0.3, -0.25) is 4.79 Å². The van der Waals surface area contributed by atoms with Gasteiger partial charge in [0.05, 0.1) is 6.54 Å². The minimum Gasteiger partial charge on any atom is -0.355 e. The molecule has 4 nitrogen and oxygen atoms in total. The zero-order valence-corrected chi connectivity index (χ0v) is 10.8. The van der Waals surface area contributed by atoms with E-state index < -0.39 is 0 Å². The molecule has 0 spiro atoms. The Balaban J connectivity index is 2.15. The number of likely N-dealkylation sites (N-methyl/N-ethyl adjacent to an activating group) is 1. The Bertz CT molecular complexity index is 210. The van der Waals surface area contributed by atoms with Gasteiger partial charge in [-0.25, -0.2) is 0 Å². The molecule has 0 atom stereocenters. The third kappa shape index (κ3) is 4.49. The Morgan fingerprint density at radius 2 is 2.00 bits per heavy atom. The van der Waals surface area contributed by atoms with Gasteiger partial charge < -0.3 is 15.5 Å². The highest BCUT2D eigenvalue weighted by atomic mass is 16.1. The van der Waals surface area contributed by atoms with Crippen molar-refractivity contribution >= 4 is 5.91 Å². The first-order chi connectivity index (χ1) is 7.63. The first kappa shape index (κ1) is 13.5. The predicted octanol–water partition coefficient (Wildman–Crippen LogP) is 0.585. The number of amides is 1. The van der Waals surface area contributed by atoms with E-state index >= 15 is 0 Å². The molecule has 1 fully saturated rings. The molecule has 1 amide bonds. The van der Waals surface area contributed by atoms with Crippen LogP contribution in [0, 0.1) is 0 Å². The summed E-state index contributed by atoms with van der Waals surface area (Å²) in [6.07, 6.45) is 2.30. The maximum absolute atomic E-state index is 11.3. The summed E-state index contributed by atoms with van der Waals surface area (Å²) in [4.78, 5) is 13.8. The van der Waals surface area contributed by atoms with Crippen LogP contribution < -0.4 is 10.6 Å². The molecule has 0 saturated carbocycles. The van der Waals surface area contributed by atoms with Crippen molar-refractivity contribution in [2.75, 3.05) is 26.2 Å². The number of nitrogens with one attached hydrogen (secondary N) is 2. The van der Waals surface area contributed by atoms with E-state index in [0.717, 1.165) is 25.9 Å². The highest BCUT2D eigenvalue weighted by molar-refractivity contribution is 5.77. The first-order valence-electron chi connectivity index (χ1n) is 6.37. The lowest BCUT2D eigenvalue weighted by atomic mass is 10.0. The van der Waals surface area contributed by atoms with Gasteiger partial charge in [0.15, 0.2) is 0 Å². The largest absolute Gasteiger partial charge is 0.355 e. The van der Waals surface area contributed by atoms with Crippen molar-refractivity contribution in [1.29, 1.82) is 0 Å². The fraction of sp³-hybridized carbons (Fsp3) is 0.917. The fourth-order valence-electron chi connectivity index (χ4n) is 2.12. The molecule has 0 aliphatic carbocycles. The fourth-order valence-corrected chi connectivity index (χ4v) is 2.12. The van der Waals surface area contributed by atoms with E-state index in [2.05, 4.69) is 29.4 Å². The second-order valence-corrected chi connectivity index (χ2v) is 4.74. The van der Waals surface area contributed by atoms with Crippen LogP contribution >= 0.6 is 0 Å². The van der Waals surface area contributed by atoms with Gasteiger partial charge >= 0.3 is 0 Å². The predicted molar refractivity (Wildman–Crippen MR) is 66.4 cm³/mol. The van der Waals surface area contributed by atoms with Crippen molar-refractivity contribution in [3.05, 3.63) is 0 Å². The monoisotopic (exact) mass is 227 g/mol. The summed E-state index contributed by atoms with van der Waals surface area (Å²) < 4.78 is 0. The maximum atomic E-state index is 11.3. The lowest BCUT2D eigenvalue weighted by molar-refractivity contribution is -0.120. The summed E-state index contributed by atoms with van der Waals surface area (Å²) in [6, 6.07) is 1.15. The molecule has 1 heterocycles. The molecular formula is C12H25N3O. The number of piperidine rings is 1. The van der Waals surface area contributed by atoms with Crippen molar-refractivity contribution in [2.45, 2.75) is 45.7 Å². The summed E-state index contributed by atoms with van der Waals surface area (Å²) in [5.41, 5.74) is 0. The van der Waals surface area contributed by atoms with E-state index in [1.807, 2.05) is 6.92 Å². The topological polar surface area (TPSA) is 44.4 Å². The third-order valence-electron chi connectivity index (χ3n) is 3.19. The minimum atomic E-state index is 0.105. The molecule has 1 saturated heterocycles. The van der Waals surface area contributed by atoms with Crippen molar-refractivity contribution < 1.29 is 4.79 Å². The van der Waals surface area contributed by atoms with Crippen LogP contribution in [0.15, 0.2) is 0 Å². The molecule has 1 aliphatic heterocycles. The van der Waals surface area contributed by atoms with Crippen LogP contribution in [0.3, 0.4) is 0 Å². The summed E-state index contributed by atoms with van der Waals surface area (Å²) in [5, 5.41) is 6.13. The maximum Gasteiger partial charge on any atom is 0.233 e. The minimum absolute atomic E-state index is 0.105. The van der Waals surface area contributed by atoms with Crippen LogP contribution in [0.4, 0.5) is 0 Å². The number of hydrogen-bond donors (Lipinski definition) is 2. The van der Waals surface area contributed by atoms with E-state index in [9.17, 15) is 4.79 Å². The summed E-state index contributed by atoms with van der Waals surface area (Å²) in [6.45, 7) is 9.88. The molecule has 16 heavy (non-hydrogen) atoms. The van der Waals surface area contributed by atoms with Crippen molar-refractivity contribution in [3.8, 4) is 0 Å². The molecule has 0 aromatic carbocycles. The van der Waals surface area contributed by atoms with Crippen LogP contribution in [-0.2, 0) is 4.79 Å². The van der Waals surface area contributed by atoms with E-state index in [-0.39, 0.29) is 5.91 Å². The van der Waals surface area contributed by atoms with Gasteiger partial charge in [-0.1, -0.05) is 0 Å². The second kappa shape index (κ2) is 6.86. The smallest absolute Gasteiger partial charge is 0.233 e. The van der Waals surface area contributed by atoms with Crippen LogP contribution in [0.1, 0.15) is 33.6 Å². The standard InChI is InChI=1S/C12H25N3O/c1-4-13-12(16)9-14-11-5-7-15(8-6-11)10(2)3/h10-11,14H,4-9H2,1-3H3,(H,13,16). The molecule has 94 valence electrons. The Labute approximate surface area is 98.8 Å². The number of rotatable bonds is 5. The highest BCUT2D eigenvalue weighted by Gasteiger charge is 2.20. The van der Waals surface area contributed by atoms with Crippen molar-refractivity contribution in [2.24, 2.45) is 0 Å². The van der Waals surface area contributed by atoms with Gasteiger partial charge in [0.25, 0.3) is 0 Å². The van der Waals surface area contributed by atoms with E-state index in [1.54, 1.807) is 0 Å². The molecule has 0 aromatic heterocycles. The average molecular weight is 227 g/mol. The Kier molecular flexibility index (Phi) is 5.77. The first-order valence-corrected chi connectivity index (χ1v) is 6.37. The van der Waals surface area contributed by atoms with Gasteiger partial charge in [-0.15, -0.1) is 0 Å². The number of carbonyl (C=O) groups is 1. The Hall–Kier alpha value is -0.610. The van der Waals surface area contributed by atoms with Gasteiger partial charge in [-0.2, -0.15) is 0 Å². The Morgan fingerprint density at radius 1 is 1.38 bits per heavy atom. The van der Waals surface area contributed by atoms with E-state index in [4.69, 9.17) is 0 Å². The molecule has 0 radical (unpaired) electrons. The SMILES string of the molecule is CCNC(=O)CNC1CCN(C(C)C)CC1. The third-order valence-corrected chi connectivity index (χ3v) is 3.19. The normalized spacial score (nSPS) is 19.0. The Morgan fingerprint density at radius 3 is 2.50 bits per heavy atom. The van der Waals surface area contributed by atoms with Gasteiger partial charge in [0.2, 0.25) is 5.91 Å². The molecule has 2 N–H and O–H groups in total. The van der Waals surface area contributed by atoms with Crippen LogP contribution in [-0.4, -0.2) is 49.1 Å². The number of nitrogens with zero attached hydrogens (tertiary/aromatic N) is 1. The lowest BCUT2D eigenvalue weighted by Crippen LogP contribution is -2.47. The van der Waals surface area contributed by atoms with Crippen LogP contribution in [0.2, 0.25) is 0 Å². The molecule has 1 rings (SSSR count). The van der Waals surface area contributed by atoms with Crippen LogP contribution in [0.25, 0.3) is 0 Å². The lowest BCUT2D eigenvalue weighted by Gasteiger charge is -2.34. The second-order valence-electron chi connectivity index (χ2n) is 4.74. The van der Waals surface area contributed by atoms with E-state index in [1.165, 1.54) is 0 Å². The summed E-state index contributed by atoms with van der Waals surface area (Å²) >= 11 is 0. The van der Waals surface area contributed by atoms with Gasteiger partial charge in [-0.05, 0) is 46.7 Å². The van der Waals surface area contributed by atoms with E-state index in [0.29, 0.717) is 25.2 Å². The van der Waals surface area contributed by atoms with Gasteiger partial charge in [0, 0.05) is 18.6 Å². The highest BCUT2D eigenvalue weighted by Crippen LogP contribution is 2.12. The quantitative estimate of drug-likeness (QED) is 0.722. The molecule has 0 aromatic rings. The number of likely N-dealkylation sites (tertiary alicyclic amines) is 1.